The Balaban J connectivity index is 2.79. The molecule has 0 saturated carbocycles. The van der Waals surface area contributed by atoms with Crippen LogP contribution in [0.3, 0.4) is 0 Å². The molecular weight excluding hydrogens is 228 g/mol. The third kappa shape index (κ3) is 3.46. The molecule has 0 bridgehead atoms. The Morgan fingerprint density at radius 2 is 1.82 bits per heavy atom. The Morgan fingerprint density at radius 3 is 2.29 bits per heavy atom. The Hall–Kier alpha value is -1.04. The van der Waals surface area contributed by atoms with Gasteiger partial charge in [-0.3, -0.25) is 4.90 Å². The van der Waals surface area contributed by atoms with E-state index < -0.39 is 17.7 Å². The van der Waals surface area contributed by atoms with Gasteiger partial charge in [0.2, 0.25) is 0 Å². The van der Waals surface area contributed by atoms with Crippen LogP contribution in [0.4, 0.5) is 8.78 Å². The van der Waals surface area contributed by atoms with Gasteiger partial charge in [-0.25, -0.2) is 8.78 Å². The van der Waals surface area contributed by atoms with Gasteiger partial charge >= 0.3 is 0 Å². The zero-order chi connectivity index (χ0) is 13.0. The molecule has 2 atom stereocenters. The van der Waals surface area contributed by atoms with Crippen LogP contribution in [-0.4, -0.2) is 41.4 Å². The van der Waals surface area contributed by atoms with Crippen molar-refractivity contribution in [3.63, 3.8) is 0 Å². The van der Waals surface area contributed by atoms with Crippen molar-refractivity contribution < 1.29 is 19.0 Å². The number of hydrogen-bond donors (Lipinski definition) is 2. The smallest absolute Gasteiger partial charge is 0.131 e. The van der Waals surface area contributed by atoms with Gasteiger partial charge in [0.1, 0.15) is 11.6 Å². The number of aliphatic hydroxyl groups is 2. The molecule has 1 aromatic rings. The van der Waals surface area contributed by atoms with Crippen molar-refractivity contribution in [3.8, 4) is 0 Å². The van der Waals surface area contributed by atoms with E-state index >= 15 is 0 Å². The fraction of sp³-hybridized carbons (Fsp3) is 0.500. The van der Waals surface area contributed by atoms with Gasteiger partial charge in [0.25, 0.3) is 0 Å². The van der Waals surface area contributed by atoms with Crippen LogP contribution in [0.5, 0.6) is 0 Å². The lowest BCUT2D eigenvalue weighted by Gasteiger charge is -2.25. The van der Waals surface area contributed by atoms with E-state index in [2.05, 4.69) is 0 Å². The molecule has 3 nitrogen and oxygen atoms in total. The first-order valence-electron chi connectivity index (χ1n) is 5.40. The van der Waals surface area contributed by atoms with Crippen molar-refractivity contribution in [2.45, 2.75) is 19.1 Å². The maximum absolute atomic E-state index is 13.4. The van der Waals surface area contributed by atoms with E-state index in [-0.39, 0.29) is 24.8 Å². The van der Waals surface area contributed by atoms with Crippen LogP contribution in [0.15, 0.2) is 18.2 Å². The number of likely N-dealkylation sites (N-methyl/N-ethyl adjacent to an activating group) is 1. The molecule has 1 rings (SSSR count). The Bertz CT molecular complexity index is 353. The summed E-state index contributed by atoms with van der Waals surface area (Å²) in [6, 6.07) is 3.29. The maximum atomic E-state index is 13.4. The van der Waals surface area contributed by atoms with E-state index in [4.69, 9.17) is 5.11 Å². The molecule has 5 heteroatoms. The Morgan fingerprint density at radius 1 is 1.29 bits per heavy atom. The monoisotopic (exact) mass is 245 g/mol. The van der Waals surface area contributed by atoms with Gasteiger partial charge in [-0.2, -0.15) is 0 Å². The average Bonchev–Trinajstić information content (AvgIpc) is 2.27. The van der Waals surface area contributed by atoms with Gasteiger partial charge < -0.3 is 10.2 Å². The molecule has 0 spiro atoms. The number of halogens is 2. The van der Waals surface area contributed by atoms with E-state index in [1.807, 2.05) is 0 Å². The fourth-order valence-corrected chi connectivity index (χ4v) is 1.51. The first-order chi connectivity index (χ1) is 7.97. The number of nitrogens with zero attached hydrogens (tertiary/aromatic N) is 1. The minimum atomic E-state index is -1.25. The van der Waals surface area contributed by atoms with Gasteiger partial charge in [0, 0.05) is 12.6 Å². The van der Waals surface area contributed by atoms with Crippen LogP contribution in [0.1, 0.15) is 18.6 Å². The lowest BCUT2D eigenvalue weighted by Crippen LogP contribution is -2.35. The summed E-state index contributed by atoms with van der Waals surface area (Å²) in [5.74, 6) is -1.52. The minimum absolute atomic E-state index is 0.0551. The van der Waals surface area contributed by atoms with Gasteiger partial charge in [0.05, 0.1) is 18.3 Å². The SMILES string of the molecule is CC(CO)N(C)CC(O)c1c(F)cccc1F. The van der Waals surface area contributed by atoms with Gasteiger partial charge in [-0.15, -0.1) is 0 Å². The number of aliphatic hydroxyl groups excluding tert-OH is 2. The molecule has 1 aromatic carbocycles. The molecule has 0 aliphatic carbocycles. The van der Waals surface area contributed by atoms with E-state index in [0.29, 0.717) is 0 Å². The normalized spacial score (nSPS) is 15.0. The van der Waals surface area contributed by atoms with Crippen molar-refractivity contribution in [1.29, 1.82) is 0 Å². The van der Waals surface area contributed by atoms with Crippen molar-refractivity contribution in [2.24, 2.45) is 0 Å². The highest BCUT2D eigenvalue weighted by Gasteiger charge is 2.20. The summed E-state index contributed by atoms with van der Waals surface area (Å²) in [6.07, 6.45) is -1.25. The fourth-order valence-electron chi connectivity index (χ4n) is 1.51. The number of rotatable bonds is 5. The lowest BCUT2D eigenvalue weighted by molar-refractivity contribution is 0.0820. The molecule has 2 unspecified atom stereocenters. The van der Waals surface area contributed by atoms with E-state index in [1.165, 1.54) is 6.07 Å². The molecule has 0 aliphatic heterocycles. The van der Waals surface area contributed by atoms with E-state index in [0.717, 1.165) is 12.1 Å². The van der Waals surface area contributed by atoms with Crippen LogP contribution in [0, 0.1) is 11.6 Å². The van der Waals surface area contributed by atoms with Crippen molar-refractivity contribution in [2.75, 3.05) is 20.2 Å². The number of benzene rings is 1. The van der Waals surface area contributed by atoms with Crippen LogP contribution < -0.4 is 0 Å². The Kier molecular flexibility index (Phi) is 4.99. The summed E-state index contributed by atoms with van der Waals surface area (Å²) < 4.78 is 26.7. The summed E-state index contributed by atoms with van der Waals surface area (Å²) in [6.45, 7) is 1.73. The molecular formula is C12H17F2NO2. The largest absolute Gasteiger partial charge is 0.395 e. The highest BCUT2D eigenvalue weighted by molar-refractivity contribution is 5.22. The molecule has 0 aromatic heterocycles. The maximum Gasteiger partial charge on any atom is 0.131 e. The second kappa shape index (κ2) is 6.05. The summed E-state index contributed by atoms with van der Waals surface area (Å²) in [5, 5.41) is 18.7. The molecule has 0 amide bonds. The molecule has 0 heterocycles. The summed E-state index contributed by atoms with van der Waals surface area (Å²) >= 11 is 0. The predicted octanol–water partition coefficient (Wildman–Crippen LogP) is 1.31. The summed E-state index contributed by atoms with van der Waals surface area (Å²) in [4.78, 5) is 1.64. The molecule has 96 valence electrons. The van der Waals surface area contributed by atoms with Crippen molar-refractivity contribution >= 4 is 0 Å². The zero-order valence-electron chi connectivity index (χ0n) is 9.90. The van der Waals surface area contributed by atoms with Crippen LogP contribution in [0.25, 0.3) is 0 Å². The van der Waals surface area contributed by atoms with Gasteiger partial charge in [-0.05, 0) is 26.1 Å². The first-order valence-corrected chi connectivity index (χ1v) is 5.40. The quantitative estimate of drug-likeness (QED) is 0.822. The molecule has 0 radical (unpaired) electrons. The topological polar surface area (TPSA) is 43.7 Å². The molecule has 0 fully saturated rings. The second-order valence-corrected chi connectivity index (χ2v) is 4.12. The third-order valence-corrected chi connectivity index (χ3v) is 2.81. The van der Waals surface area contributed by atoms with Crippen LogP contribution in [-0.2, 0) is 0 Å². The molecule has 0 saturated heterocycles. The van der Waals surface area contributed by atoms with Crippen LogP contribution in [0.2, 0.25) is 0 Å². The lowest BCUT2D eigenvalue weighted by atomic mass is 10.1. The number of hydrogen-bond acceptors (Lipinski definition) is 3. The highest BCUT2D eigenvalue weighted by Crippen LogP contribution is 2.21. The summed E-state index contributed by atoms with van der Waals surface area (Å²) in [7, 11) is 1.67. The van der Waals surface area contributed by atoms with Crippen molar-refractivity contribution in [3.05, 3.63) is 35.4 Å². The predicted molar refractivity (Wildman–Crippen MR) is 60.5 cm³/mol. The standard InChI is InChI=1S/C12H17F2NO2/c1-8(7-16)15(2)6-11(17)12-9(13)4-3-5-10(12)14/h3-5,8,11,16-17H,6-7H2,1-2H3. The average molecular weight is 245 g/mol. The first kappa shape index (κ1) is 14.0. The van der Waals surface area contributed by atoms with E-state index in [1.54, 1.807) is 18.9 Å². The molecule has 2 N–H and O–H groups in total. The minimum Gasteiger partial charge on any atom is -0.395 e. The van der Waals surface area contributed by atoms with Gasteiger partial charge in [-0.1, -0.05) is 6.07 Å². The summed E-state index contributed by atoms with van der Waals surface area (Å²) in [5.41, 5.74) is -0.329. The highest BCUT2D eigenvalue weighted by atomic mass is 19.1. The van der Waals surface area contributed by atoms with Gasteiger partial charge in [0.15, 0.2) is 0 Å². The van der Waals surface area contributed by atoms with Crippen LogP contribution >= 0.6 is 0 Å². The molecule has 0 aliphatic rings. The molecule has 17 heavy (non-hydrogen) atoms. The Labute approximate surface area is 99.3 Å². The third-order valence-electron chi connectivity index (χ3n) is 2.81. The van der Waals surface area contributed by atoms with E-state index in [9.17, 15) is 13.9 Å². The van der Waals surface area contributed by atoms with Crippen molar-refractivity contribution in [1.82, 2.24) is 4.90 Å². The zero-order valence-corrected chi connectivity index (χ0v) is 9.90. The second-order valence-electron chi connectivity index (χ2n) is 4.12.